The fourth-order valence-electron chi connectivity index (χ4n) is 1.92. The maximum atomic E-state index is 10.9. The maximum Gasteiger partial charge on any atom is 0.151 e. The molecule has 0 aromatic carbocycles. The molecule has 1 saturated heterocycles. The van der Waals surface area contributed by atoms with Gasteiger partial charge in [0.25, 0.3) is 0 Å². The largest absolute Gasteiger partial charge is 0.316 e. The summed E-state index contributed by atoms with van der Waals surface area (Å²) in [6, 6.07) is 0.355. The molecular formula is C8H17NO2S. The lowest BCUT2D eigenvalue weighted by molar-refractivity contribution is 0.319. The molecule has 72 valence electrons. The standard InChI is InChI=1S/C8H17NO2S/c1-6(2)8(9-3)7-4-12(10,11)5-7/h6-9H,4-5H2,1-3H3. The first kappa shape index (κ1) is 9.99. The van der Waals surface area contributed by atoms with E-state index in [9.17, 15) is 8.42 Å². The second-order valence-corrected chi connectivity index (χ2v) is 6.05. The van der Waals surface area contributed by atoms with E-state index in [1.165, 1.54) is 0 Å². The molecule has 0 amide bonds. The van der Waals surface area contributed by atoms with Crippen LogP contribution >= 0.6 is 0 Å². The Morgan fingerprint density at radius 3 is 2.08 bits per heavy atom. The molecule has 12 heavy (non-hydrogen) atoms. The molecule has 0 saturated carbocycles. The highest BCUT2D eigenvalue weighted by molar-refractivity contribution is 7.92. The topological polar surface area (TPSA) is 46.2 Å². The van der Waals surface area contributed by atoms with Gasteiger partial charge in [-0.25, -0.2) is 8.42 Å². The van der Waals surface area contributed by atoms with Crippen molar-refractivity contribution in [2.45, 2.75) is 19.9 Å². The summed E-state index contributed by atoms with van der Waals surface area (Å²) >= 11 is 0. The van der Waals surface area contributed by atoms with Crippen molar-refractivity contribution in [2.24, 2.45) is 11.8 Å². The summed E-state index contributed by atoms with van der Waals surface area (Å²) in [6.07, 6.45) is 0. The highest BCUT2D eigenvalue weighted by atomic mass is 32.2. The number of nitrogens with one attached hydrogen (secondary N) is 1. The van der Waals surface area contributed by atoms with E-state index < -0.39 is 9.84 Å². The Kier molecular flexibility index (Phi) is 2.78. The Labute approximate surface area is 74.5 Å². The van der Waals surface area contributed by atoms with Gasteiger partial charge in [-0.3, -0.25) is 0 Å². The minimum Gasteiger partial charge on any atom is -0.316 e. The number of hydrogen-bond acceptors (Lipinski definition) is 3. The van der Waals surface area contributed by atoms with E-state index in [1.807, 2.05) is 7.05 Å². The van der Waals surface area contributed by atoms with Crippen molar-refractivity contribution in [3.05, 3.63) is 0 Å². The van der Waals surface area contributed by atoms with E-state index in [2.05, 4.69) is 19.2 Å². The molecule has 1 aliphatic rings. The summed E-state index contributed by atoms with van der Waals surface area (Å²) in [4.78, 5) is 0. The molecule has 1 rings (SSSR count). The van der Waals surface area contributed by atoms with Gasteiger partial charge >= 0.3 is 0 Å². The fraction of sp³-hybridized carbons (Fsp3) is 1.00. The first-order chi connectivity index (χ1) is 5.46. The van der Waals surface area contributed by atoms with Gasteiger partial charge in [-0.2, -0.15) is 0 Å². The summed E-state index contributed by atoms with van der Waals surface area (Å²) in [7, 11) is -0.761. The Morgan fingerprint density at radius 1 is 1.33 bits per heavy atom. The van der Waals surface area contributed by atoms with Gasteiger partial charge < -0.3 is 5.32 Å². The molecule has 0 spiro atoms. The normalized spacial score (nSPS) is 25.3. The van der Waals surface area contributed by atoms with Crippen LogP contribution in [0, 0.1) is 11.8 Å². The summed E-state index contributed by atoms with van der Waals surface area (Å²) < 4.78 is 21.8. The molecule has 4 heteroatoms. The molecule has 0 aromatic rings. The Hall–Kier alpha value is -0.0900. The van der Waals surface area contributed by atoms with Crippen LogP contribution in [0.3, 0.4) is 0 Å². The van der Waals surface area contributed by atoms with Crippen LogP contribution in [0.4, 0.5) is 0 Å². The van der Waals surface area contributed by atoms with Crippen LogP contribution < -0.4 is 5.32 Å². The minimum absolute atomic E-state index is 0.333. The molecule has 1 fully saturated rings. The van der Waals surface area contributed by atoms with Crippen molar-refractivity contribution in [3.63, 3.8) is 0 Å². The predicted octanol–water partition coefficient (Wildman–Crippen LogP) is 0.275. The van der Waals surface area contributed by atoms with Gasteiger partial charge in [0.1, 0.15) is 0 Å². The quantitative estimate of drug-likeness (QED) is 0.697. The fourth-order valence-corrected chi connectivity index (χ4v) is 3.55. The van der Waals surface area contributed by atoms with Crippen LogP contribution in [0.5, 0.6) is 0 Å². The summed E-state index contributed by atoms with van der Waals surface area (Å²) in [5.74, 6) is 1.59. The monoisotopic (exact) mass is 191 g/mol. The summed E-state index contributed by atoms with van der Waals surface area (Å²) in [5.41, 5.74) is 0. The first-order valence-corrected chi connectivity index (χ1v) is 6.16. The number of hydrogen-bond donors (Lipinski definition) is 1. The zero-order valence-corrected chi connectivity index (χ0v) is 8.69. The van der Waals surface area contributed by atoms with Crippen molar-refractivity contribution < 1.29 is 8.42 Å². The highest BCUT2D eigenvalue weighted by Gasteiger charge is 2.39. The molecule has 0 aromatic heterocycles. The van der Waals surface area contributed by atoms with Crippen LogP contribution in [0.1, 0.15) is 13.8 Å². The molecule has 1 N–H and O–H groups in total. The van der Waals surface area contributed by atoms with Gasteiger partial charge in [0.15, 0.2) is 9.84 Å². The molecule has 0 bridgehead atoms. The lowest BCUT2D eigenvalue weighted by atomic mass is 9.93. The molecular weight excluding hydrogens is 174 g/mol. The third-order valence-electron chi connectivity index (χ3n) is 2.50. The lowest BCUT2D eigenvalue weighted by Gasteiger charge is -2.35. The van der Waals surface area contributed by atoms with Crippen LogP contribution in [-0.2, 0) is 9.84 Å². The molecule has 1 unspecified atom stereocenters. The predicted molar refractivity (Wildman–Crippen MR) is 49.8 cm³/mol. The molecule has 1 heterocycles. The number of rotatable bonds is 3. The van der Waals surface area contributed by atoms with Crippen molar-refractivity contribution in [1.82, 2.24) is 5.32 Å². The molecule has 0 radical (unpaired) electrons. The smallest absolute Gasteiger partial charge is 0.151 e. The highest BCUT2D eigenvalue weighted by Crippen LogP contribution is 2.25. The second-order valence-electron chi connectivity index (χ2n) is 3.90. The van der Waals surface area contributed by atoms with E-state index in [0.29, 0.717) is 29.4 Å². The van der Waals surface area contributed by atoms with E-state index in [1.54, 1.807) is 0 Å². The number of sulfone groups is 1. The van der Waals surface area contributed by atoms with Gasteiger partial charge in [0, 0.05) is 12.0 Å². The van der Waals surface area contributed by atoms with E-state index in [-0.39, 0.29) is 0 Å². The Balaban J connectivity index is 2.50. The minimum atomic E-state index is -2.66. The van der Waals surface area contributed by atoms with Crippen LogP contribution in [0.2, 0.25) is 0 Å². The molecule has 1 aliphatic heterocycles. The molecule has 0 aliphatic carbocycles. The van der Waals surface area contributed by atoms with E-state index in [0.717, 1.165) is 0 Å². The van der Waals surface area contributed by atoms with Crippen molar-refractivity contribution in [2.75, 3.05) is 18.6 Å². The van der Waals surface area contributed by atoms with E-state index in [4.69, 9.17) is 0 Å². The third-order valence-corrected chi connectivity index (χ3v) is 4.37. The van der Waals surface area contributed by atoms with Gasteiger partial charge in [0.2, 0.25) is 0 Å². The zero-order valence-electron chi connectivity index (χ0n) is 7.87. The Bertz CT molecular complexity index is 234. The van der Waals surface area contributed by atoms with Crippen LogP contribution in [0.15, 0.2) is 0 Å². The second kappa shape index (κ2) is 3.34. The lowest BCUT2D eigenvalue weighted by Crippen LogP contribution is -2.51. The van der Waals surface area contributed by atoms with Crippen molar-refractivity contribution >= 4 is 9.84 Å². The van der Waals surface area contributed by atoms with Crippen molar-refractivity contribution in [3.8, 4) is 0 Å². The average Bonchev–Trinajstić information content (AvgIpc) is 1.84. The summed E-state index contributed by atoms with van der Waals surface area (Å²) in [5, 5.41) is 3.18. The van der Waals surface area contributed by atoms with E-state index >= 15 is 0 Å². The molecule has 3 nitrogen and oxygen atoms in total. The summed E-state index contributed by atoms with van der Waals surface area (Å²) in [6.45, 7) is 4.23. The molecule has 1 atom stereocenters. The van der Waals surface area contributed by atoms with Gasteiger partial charge in [-0.1, -0.05) is 13.8 Å². The maximum absolute atomic E-state index is 10.9. The van der Waals surface area contributed by atoms with Crippen LogP contribution in [-0.4, -0.2) is 33.0 Å². The zero-order chi connectivity index (χ0) is 9.35. The average molecular weight is 191 g/mol. The third kappa shape index (κ3) is 1.98. The van der Waals surface area contributed by atoms with Crippen molar-refractivity contribution in [1.29, 1.82) is 0 Å². The van der Waals surface area contributed by atoms with Crippen LogP contribution in [0.25, 0.3) is 0 Å². The SMILES string of the molecule is CNC(C(C)C)C1CS(=O)(=O)C1. The first-order valence-electron chi connectivity index (χ1n) is 4.34. The Morgan fingerprint density at radius 2 is 1.83 bits per heavy atom. The van der Waals surface area contributed by atoms with Gasteiger partial charge in [0.05, 0.1) is 11.5 Å². The van der Waals surface area contributed by atoms with Gasteiger partial charge in [-0.15, -0.1) is 0 Å². The van der Waals surface area contributed by atoms with Gasteiger partial charge in [-0.05, 0) is 13.0 Å².